The first-order valence-corrected chi connectivity index (χ1v) is 8.07. The summed E-state index contributed by atoms with van der Waals surface area (Å²) in [6.07, 6.45) is 1.96. The molecule has 1 aliphatic heterocycles. The van der Waals surface area contributed by atoms with E-state index in [2.05, 4.69) is 24.3 Å². The Morgan fingerprint density at radius 1 is 1.22 bits per heavy atom. The smallest absolute Gasteiger partial charge is 0.326 e. The number of hydrogen-bond acceptors (Lipinski definition) is 2. The fraction of sp³-hybridized carbons (Fsp3) is 0.368. The molecule has 1 heterocycles. The maximum absolute atomic E-state index is 12.6. The molecule has 2 aromatic rings. The molecule has 1 amide bonds. The molecular weight excluding hydrogens is 290 g/mol. The van der Waals surface area contributed by atoms with Gasteiger partial charge in [-0.05, 0) is 35.6 Å². The molecule has 2 aromatic carbocycles. The van der Waals surface area contributed by atoms with Crippen molar-refractivity contribution < 1.29 is 14.7 Å². The van der Waals surface area contributed by atoms with Crippen LogP contribution in [0.25, 0.3) is 10.8 Å². The van der Waals surface area contributed by atoms with Crippen molar-refractivity contribution >= 4 is 22.6 Å². The molecule has 120 valence electrons. The van der Waals surface area contributed by atoms with Gasteiger partial charge in [0.05, 0.1) is 0 Å². The lowest BCUT2D eigenvalue weighted by atomic mass is 9.97. The van der Waals surface area contributed by atoms with Crippen molar-refractivity contribution in [3.8, 4) is 0 Å². The molecule has 2 atom stereocenters. The molecule has 3 rings (SSSR count). The first-order chi connectivity index (χ1) is 11.1. The highest BCUT2D eigenvalue weighted by atomic mass is 16.4. The number of fused-ring (bicyclic) bond motifs is 1. The number of amides is 1. The van der Waals surface area contributed by atoms with Crippen LogP contribution < -0.4 is 0 Å². The lowest BCUT2D eigenvalue weighted by Gasteiger charge is -2.25. The minimum atomic E-state index is -0.895. The van der Waals surface area contributed by atoms with Gasteiger partial charge >= 0.3 is 5.97 Å². The zero-order valence-electron chi connectivity index (χ0n) is 13.2. The summed E-state index contributed by atoms with van der Waals surface area (Å²) in [5.74, 6) is -1.16. The van der Waals surface area contributed by atoms with E-state index in [4.69, 9.17) is 0 Å². The summed E-state index contributed by atoms with van der Waals surface area (Å²) in [6.45, 7) is 2.44. The fourth-order valence-corrected chi connectivity index (χ4v) is 3.38. The highest BCUT2D eigenvalue weighted by molar-refractivity contribution is 5.86. The van der Waals surface area contributed by atoms with E-state index in [0.717, 1.165) is 17.4 Å². The monoisotopic (exact) mass is 311 g/mol. The minimum absolute atomic E-state index is 0.0527. The Labute approximate surface area is 135 Å². The molecule has 4 nitrogen and oxygen atoms in total. The van der Waals surface area contributed by atoms with Crippen molar-refractivity contribution in [2.75, 3.05) is 6.54 Å². The summed E-state index contributed by atoms with van der Waals surface area (Å²) in [5.41, 5.74) is 1.11. The Kier molecular flexibility index (Phi) is 4.33. The van der Waals surface area contributed by atoms with Crippen LogP contribution >= 0.6 is 0 Å². The van der Waals surface area contributed by atoms with Gasteiger partial charge in [-0.3, -0.25) is 4.79 Å². The average Bonchev–Trinajstić information content (AvgIpc) is 3.03. The maximum atomic E-state index is 12.6. The number of aliphatic carboxylic acids is 1. The number of hydrogen-bond donors (Lipinski definition) is 1. The summed E-state index contributed by atoms with van der Waals surface area (Å²) < 4.78 is 0. The summed E-state index contributed by atoms with van der Waals surface area (Å²) in [7, 11) is 0. The van der Waals surface area contributed by atoms with Crippen LogP contribution in [0.5, 0.6) is 0 Å². The Morgan fingerprint density at radius 2 is 1.96 bits per heavy atom. The quantitative estimate of drug-likeness (QED) is 0.944. The molecule has 23 heavy (non-hydrogen) atoms. The highest BCUT2D eigenvalue weighted by Gasteiger charge is 2.35. The van der Waals surface area contributed by atoms with Crippen LogP contribution in [0, 0.1) is 5.92 Å². The van der Waals surface area contributed by atoms with Gasteiger partial charge in [-0.25, -0.2) is 4.79 Å². The Balaban J connectivity index is 1.73. The van der Waals surface area contributed by atoms with Crippen LogP contribution in [0.4, 0.5) is 0 Å². The normalized spacial score (nSPS) is 19.0. The molecule has 0 spiro atoms. The second-order valence-electron chi connectivity index (χ2n) is 6.31. The molecule has 0 radical (unpaired) electrons. The molecule has 1 aliphatic rings. The van der Waals surface area contributed by atoms with Crippen molar-refractivity contribution in [2.45, 2.75) is 32.2 Å². The molecule has 0 saturated carbocycles. The van der Waals surface area contributed by atoms with Crippen LogP contribution in [0.1, 0.15) is 25.3 Å². The number of nitrogens with zero attached hydrogens (tertiary/aromatic N) is 1. The van der Waals surface area contributed by atoms with Gasteiger partial charge in [0, 0.05) is 12.5 Å². The maximum Gasteiger partial charge on any atom is 0.326 e. The third-order valence-corrected chi connectivity index (χ3v) is 4.60. The fourth-order valence-electron chi connectivity index (χ4n) is 3.38. The first-order valence-electron chi connectivity index (χ1n) is 8.07. The zero-order valence-corrected chi connectivity index (χ0v) is 13.2. The van der Waals surface area contributed by atoms with E-state index in [1.165, 1.54) is 10.3 Å². The van der Waals surface area contributed by atoms with Crippen molar-refractivity contribution in [3.63, 3.8) is 0 Å². The van der Waals surface area contributed by atoms with E-state index >= 15 is 0 Å². The van der Waals surface area contributed by atoms with Gasteiger partial charge < -0.3 is 10.0 Å². The molecular formula is C19H21NO3. The lowest BCUT2D eigenvalue weighted by Crippen LogP contribution is -2.43. The van der Waals surface area contributed by atoms with Crippen molar-refractivity contribution in [2.24, 2.45) is 5.92 Å². The van der Waals surface area contributed by atoms with Gasteiger partial charge in [0.25, 0.3) is 0 Å². The standard InChI is InChI=1S/C19H21NO3/c1-13(18(21)20-10-4-7-17(20)19(22)23)11-14-8-9-15-5-2-3-6-16(15)12-14/h2-3,5-6,8-9,12-13,17H,4,7,10-11H2,1H3,(H,22,23). The van der Waals surface area contributed by atoms with Crippen molar-refractivity contribution in [1.29, 1.82) is 0 Å². The second-order valence-corrected chi connectivity index (χ2v) is 6.31. The van der Waals surface area contributed by atoms with Gasteiger partial charge in [0.2, 0.25) is 5.91 Å². The zero-order chi connectivity index (χ0) is 16.4. The van der Waals surface area contributed by atoms with E-state index in [9.17, 15) is 14.7 Å². The van der Waals surface area contributed by atoms with Crippen molar-refractivity contribution in [3.05, 3.63) is 48.0 Å². The number of carboxylic acid groups (broad SMARTS) is 1. The average molecular weight is 311 g/mol. The van der Waals surface area contributed by atoms with E-state index in [1.807, 2.05) is 25.1 Å². The SMILES string of the molecule is CC(Cc1ccc2ccccc2c1)C(=O)N1CCCC1C(=O)O. The molecule has 1 saturated heterocycles. The van der Waals surface area contributed by atoms with Gasteiger partial charge in [-0.15, -0.1) is 0 Å². The van der Waals surface area contributed by atoms with Gasteiger partial charge in [0.1, 0.15) is 6.04 Å². The molecule has 0 aliphatic carbocycles. The van der Waals surface area contributed by atoms with Crippen molar-refractivity contribution in [1.82, 2.24) is 4.90 Å². The number of rotatable bonds is 4. The molecule has 1 N–H and O–H groups in total. The largest absolute Gasteiger partial charge is 0.480 e. The Morgan fingerprint density at radius 3 is 2.70 bits per heavy atom. The Hall–Kier alpha value is -2.36. The van der Waals surface area contributed by atoms with Crippen LogP contribution in [0.15, 0.2) is 42.5 Å². The number of benzene rings is 2. The number of carboxylic acids is 1. The van der Waals surface area contributed by atoms with Gasteiger partial charge in [-0.2, -0.15) is 0 Å². The second kappa shape index (κ2) is 6.41. The predicted octanol–water partition coefficient (Wildman–Crippen LogP) is 3.09. The molecule has 0 bridgehead atoms. The predicted molar refractivity (Wildman–Crippen MR) is 89.2 cm³/mol. The van der Waals surface area contributed by atoms with E-state index in [0.29, 0.717) is 19.4 Å². The third-order valence-electron chi connectivity index (χ3n) is 4.60. The van der Waals surface area contributed by atoms with Gasteiger partial charge in [-0.1, -0.05) is 49.4 Å². The topological polar surface area (TPSA) is 57.6 Å². The Bertz CT molecular complexity index is 740. The highest BCUT2D eigenvalue weighted by Crippen LogP contribution is 2.23. The van der Waals surface area contributed by atoms with E-state index < -0.39 is 12.0 Å². The van der Waals surface area contributed by atoms with Crippen LogP contribution in [0.2, 0.25) is 0 Å². The number of likely N-dealkylation sites (tertiary alicyclic amines) is 1. The molecule has 2 unspecified atom stereocenters. The molecule has 4 heteroatoms. The number of carbonyl (C=O) groups is 2. The molecule has 1 fully saturated rings. The lowest BCUT2D eigenvalue weighted by molar-refractivity contribution is -0.149. The minimum Gasteiger partial charge on any atom is -0.480 e. The van der Waals surface area contributed by atoms with E-state index in [1.54, 1.807) is 0 Å². The van der Waals surface area contributed by atoms with E-state index in [-0.39, 0.29) is 11.8 Å². The number of carbonyl (C=O) groups excluding carboxylic acids is 1. The van der Waals surface area contributed by atoms with Crippen LogP contribution in [0.3, 0.4) is 0 Å². The summed E-state index contributed by atoms with van der Waals surface area (Å²) in [5, 5.41) is 11.6. The summed E-state index contributed by atoms with van der Waals surface area (Å²) >= 11 is 0. The summed E-state index contributed by atoms with van der Waals surface area (Å²) in [6, 6.07) is 13.7. The van der Waals surface area contributed by atoms with Gasteiger partial charge in [0.15, 0.2) is 0 Å². The van der Waals surface area contributed by atoms with Crippen LogP contribution in [-0.2, 0) is 16.0 Å². The molecule has 0 aromatic heterocycles. The summed E-state index contributed by atoms with van der Waals surface area (Å²) in [4.78, 5) is 25.4. The van der Waals surface area contributed by atoms with Crippen LogP contribution in [-0.4, -0.2) is 34.5 Å². The first kappa shape index (κ1) is 15.5. The third kappa shape index (κ3) is 3.21.